The number of carbonyl (C=O) groups excluding carboxylic acids is 1. The third kappa shape index (κ3) is 4.42. The fourth-order valence-corrected chi connectivity index (χ4v) is 2.52. The van der Waals surface area contributed by atoms with E-state index < -0.39 is 0 Å². The van der Waals surface area contributed by atoms with Gasteiger partial charge in [-0.2, -0.15) is 0 Å². The fourth-order valence-electron chi connectivity index (χ4n) is 2.52. The monoisotopic (exact) mass is 226 g/mol. The Morgan fingerprint density at radius 3 is 2.31 bits per heavy atom. The van der Waals surface area contributed by atoms with Crippen molar-refractivity contribution in [2.75, 3.05) is 13.1 Å². The van der Waals surface area contributed by atoms with Gasteiger partial charge in [0.05, 0.1) is 0 Å². The molecule has 3 nitrogen and oxygen atoms in total. The minimum Gasteiger partial charge on any atom is -0.338 e. The van der Waals surface area contributed by atoms with Crippen molar-refractivity contribution in [1.82, 2.24) is 10.6 Å². The van der Waals surface area contributed by atoms with Gasteiger partial charge in [0, 0.05) is 13.1 Å². The number of urea groups is 1. The minimum atomic E-state index is -0.0199. The number of hydrogen-bond acceptors (Lipinski definition) is 1. The Morgan fingerprint density at radius 1 is 1.19 bits per heavy atom. The summed E-state index contributed by atoms with van der Waals surface area (Å²) in [7, 11) is 0. The zero-order valence-corrected chi connectivity index (χ0v) is 10.9. The second kappa shape index (κ2) is 6.77. The van der Waals surface area contributed by atoms with Crippen LogP contribution in [0, 0.1) is 17.8 Å². The van der Waals surface area contributed by atoms with Gasteiger partial charge in [0.25, 0.3) is 0 Å². The number of nitrogens with one attached hydrogen (secondary N) is 2. The molecule has 1 aliphatic carbocycles. The van der Waals surface area contributed by atoms with Crippen LogP contribution < -0.4 is 10.6 Å². The zero-order valence-electron chi connectivity index (χ0n) is 10.9. The van der Waals surface area contributed by atoms with E-state index in [4.69, 9.17) is 0 Å². The standard InChI is InChI=1S/C13H26N2O/c1-4-14-13(16)15-9-11-5-7-12(8-6-11)10(2)3/h10-12H,4-9H2,1-3H3,(H2,14,15,16). The van der Waals surface area contributed by atoms with Crippen molar-refractivity contribution >= 4 is 6.03 Å². The Kier molecular flexibility index (Phi) is 5.64. The van der Waals surface area contributed by atoms with Crippen LogP contribution in [0.2, 0.25) is 0 Å². The van der Waals surface area contributed by atoms with Gasteiger partial charge in [-0.3, -0.25) is 0 Å². The van der Waals surface area contributed by atoms with Gasteiger partial charge < -0.3 is 10.6 Å². The van der Waals surface area contributed by atoms with Crippen molar-refractivity contribution < 1.29 is 4.79 Å². The molecular formula is C13H26N2O. The third-order valence-electron chi connectivity index (χ3n) is 3.72. The molecule has 1 rings (SSSR count). The number of carbonyl (C=O) groups is 1. The number of amides is 2. The summed E-state index contributed by atoms with van der Waals surface area (Å²) in [5.74, 6) is 2.41. The fraction of sp³-hybridized carbons (Fsp3) is 0.923. The third-order valence-corrected chi connectivity index (χ3v) is 3.72. The van der Waals surface area contributed by atoms with Gasteiger partial charge in [-0.05, 0) is 50.4 Å². The molecule has 16 heavy (non-hydrogen) atoms. The van der Waals surface area contributed by atoms with E-state index >= 15 is 0 Å². The second-order valence-corrected chi connectivity index (χ2v) is 5.27. The molecule has 0 saturated heterocycles. The van der Waals surface area contributed by atoms with Crippen molar-refractivity contribution in [1.29, 1.82) is 0 Å². The first-order valence-electron chi connectivity index (χ1n) is 6.65. The highest BCUT2D eigenvalue weighted by Crippen LogP contribution is 2.32. The first kappa shape index (κ1) is 13.3. The molecule has 94 valence electrons. The van der Waals surface area contributed by atoms with Gasteiger partial charge in [0.2, 0.25) is 0 Å². The summed E-state index contributed by atoms with van der Waals surface area (Å²) < 4.78 is 0. The van der Waals surface area contributed by atoms with Crippen molar-refractivity contribution in [3.63, 3.8) is 0 Å². The normalized spacial score (nSPS) is 25.5. The van der Waals surface area contributed by atoms with Gasteiger partial charge in [0.15, 0.2) is 0 Å². The molecular weight excluding hydrogens is 200 g/mol. The van der Waals surface area contributed by atoms with Crippen molar-refractivity contribution in [2.24, 2.45) is 17.8 Å². The molecule has 0 radical (unpaired) electrons. The van der Waals surface area contributed by atoms with Gasteiger partial charge in [-0.1, -0.05) is 13.8 Å². The molecule has 0 heterocycles. The molecule has 1 saturated carbocycles. The van der Waals surface area contributed by atoms with Crippen LogP contribution in [0.1, 0.15) is 46.5 Å². The van der Waals surface area contributed by atoms with E-state index in [1.807, 2.05) is 6.92 Å². The summed E-state index contributed by atoms with van der Waals surface area (Å²) in [6.07, 6.45) is 5.21. The van der Waals surface area contributed by atoms with E-state index in [1.54, 1.807) is 0 Å². The maximum atomic E-state index is 11.2. The van der Waals surface area contributed by atoms with Gasteiger partial charge in [-0.15, -0.1) is 0 Å². The quantitative estimate of drug-likeness (QED) is 0.760. The summed E-state index contributed by atoms with van der Waals surface area (Å²) in [5.41, 5.74) is 0. The van der Waals surface area contributed by atoms with E-state index in [0.717, 1.165) is 18.4 Å². The highest BCUT2D eigenvalue weighted by molar-refractivity contribution is 5.73. The topological polar surface area (TPSA) is 41.1 Å². The molecule has 0 spiro atoms. The van der Waals surface area contributed by atoms with Gasteiger partial charge in [0.1, 0.15) is 0 Å². The van der Waals surface area contributed by atoms with E-state index in [0.29, 0.717) is 12.5 Å². The van der Waals surface area contributed by atoms with Crippen LogP contribution in [-0.2, 0) is 0 Å². The van der Waals surface area contributed by atoms with Crippen LogP contribution in [0.3, 0.4) is 0 Å². The Balaban J connectivity index is 2.15. The molecule has 0 bridgehead atoms. The molecule has 2 amide bonds. The van der Waals surface area contributed by atoms with E-state index in [2.05, 4.69) is 24.5 Å². The molecule has 0 aromatic carbocycles. The maximum Gasteiger partial charge on any atom is 0.314 e. The largest absolute Gasteiger partial charge is 0.338 e. The molecule has 0 unspecified atom stereocenters. The lowest BCUT2D eigenvalue weighted by molar-refractivity contribution is 0.213. The number of rotatable bonds is 4. The molecule has 3 heteroatoms. The lowest BCUT2D eigenvalue weighted by Crippen LogP contribution is -2.38. The Hall–Kier alpha value is -0.730. The van der Waals surface area contributed by atoms with Crippen LogP contribution >= 0.6 is 0 Å². The SMILES string of the molecule is CCNC(=O)NCC1CCC(C(C)C)CC1. The van der Waals surface area contributed by atoms with E-state index in [-0.39, 0.29) is 6.03 Å². The molecule has 1 aliphatic rings. The predicted molar refractivity (Wildman–Crippen MR) is 67.4 cm³/mol. The van der Waals surface area contributed by atoms with Gasteiger partial charge in [-0.25, -0.2) is 4.79 Å². The summed E-state index contributed by atoms with van der Waals surface area (Å²) >= 11 is 0. The van der Waals surface area contributed by atoms with Crippen LogP contribution in [0.25, 0.3) is 0 Å². The van der Waals surface area contributed by atoms with Crippen LogP contribution in [-0.4, -0.2) is 19.1 Å². The molecule has 1 fully saturated rings. The lowest BCUT2D eigenvalue weighted by atomic mass is 9.77. The average molecular weight is 226 g/mol. The highest BCUT2D eigenvalue weighted by Gasteiger charge is 2.23. The summed E-state index contributed by atoms with van der Waals surface area (Å²) in [5, 5.41) is 5.71. The highest BCUT2D eigenvalue weighted by atomic mass is 16.2. The smallest absolute Gasteiger partial charge is 0.314 e. The minimum absolute atomic E-state index is 0.0199. The van der Waals surface area contributed by atoms with Crippen LogP contribution in [0.5, 0.6) is 0 Å². The molecule has 0 aromatic heterocycles. The maximum absolute atomic E-state index is 11.2. The van der Waals surface area contributed by atoms with Gasteiger partial charge >= 0.3 is 6.03 Å². The molecule has 0 aromatic rings. The van der Waals surface area contributed by atoms with E-state index in [1.165, 1.54) is 25.7 Å². The van der Waals surface area contributed by atoms with E-state index in [9.17, 15) is 4.79 Å². The van der Waals surface area contributed by atoms with Crippen LogP contribution in [0.15, 0.2) is 0 Å². The second-order valence-electron chi connectivity index (χ2n) is 5.27. The van der Waals surface area contributed by atoms with Crippen molar-refractivity contribution in [3.05, 3.63) is 0 Å². The summed E-state index contributed by atoms with van der Waals surface area (Å²) in [4.78, 5) is 11.2. The predicted octanol–water partition coefficient (Wildman–Crippen LogP) is 2.77. The Morgan fingerprint density at radius 2 is 1.81 bits per heavy atom. The summed E-state index contributed by atoms with van der Waals surface area (Å²) in [6, 6.07) is -0.0199. The molecule has 0 atom stereocenters. The molecule has 2 N–H and O–H groups in total. The summed E-state index contributed by atoms with van der Waals surface area (Å²) in [6.45, 7) is 8.12. The first-order chi connectivity index (χ1) is 7.63. The lowest BCUT2D eigenvalue weighted by Gasteiger charge is -2.30. The zero-order chi connectivity index (χ0) is 12.0. The van der Waals surface area contributed by atoms with Crippen molar-refractivity contribution in [3.8, 4) is 0 Å². The molecule has 0 aliphatic heterocycles. The van der Waals surface area contributed by atoms with Crippen LogP contribution in [0.4, 0.5) is 4.79 Å². The number of hydrogen-bond donors (Lipinski definition) is 2. The first-order valence-corrected chi connectivity index (χ1v) is 6.65. The Bertz CT molecular complexity index is 208. The Labute approximate surface area is 99.4 Å². The average Bonchev–Trinajstić information content (AvgIpc) is 2.27. The van der Waals surface area contributed by atoms with Crippen molar-refractivity contribution in [2.45, 2.75) is 46.5 Å².